The van der Waals surface area contributed by atoms with Gasteiger partial charge >= 0.3 is 0 Å². The second-order valence-electron chi connectivity index (χ2n) is 5.81. The average molecular weight is 321 g/mol. The number of amides is 1. The summed E-state index contributed by atoms with van der Waals surface area (Å²) < 4.78 is 0. The lowest BCUT2D eigenvalue weighted by atomic mass is 10.2. The number of carbonyl (C=O) groups is 1. The van der Waals surface area contributed by atoms with E-state index in [-0.39, 0.29) is 5.91 Å². The molecule has 6 heteroatoms. The minimum atomic E-state index is -0.0351. The Morgan fingerprint density at radius 2 is 1.92 bits per heavy atom. The van der Waals surface area contributed by atoms with E-state index in [1.165, 1.54) is 0 Å². The number of pyridine rings is 1. The Bertz CT molecular complexity index is 758. The van der Waals surface area contributed by atoms with Crippen molar-refractivity contribution in [2.75, 3.05) is 38.5 Å². The monoisotopic (exact) mass is 321 g/mol. The van der Waals surface area contributed by atoms with Crippen LogP contribution in [0.4, 0.5) is 11.4 Å². The van der Waals surface area contributed by atoms with E-state index >= 15 is 0 Å². The van der Waals surface area contributed by atoms with Crippen LogP contribution in [0, 0.1) is 11.3 Å². The fourth-order valence-corrected chi connectivity index (χ4v) is 2.61. The van der Waals surface area contributed by atoms with Crippen LogP contribution >= 0.6 is 0 Å². The average Bonchev–Trinajstić information content (AvgIpc) is 2.63. The zero-order chi connectivity index (χ0) is 16.9. The van der Waals surface area contributed by atoms with Crippen molar-refractivity contribution in [2.45, 2.75) is 0 Å². The minimum Gasteiger partial charge on any atom is -0.353 e. The molecule has 1 aliphatic heterocycles. The molecule has 0 bridgehead atoms. The lowest BCUT2D eigenvalue weighted by molar-refractivity contribution is 0.0658. The molecule has 0 atom stereocenters. The van der Waals surface area contributed by atoms with Crippen LogP contribution in [0.2, 0.25) is 0 Å². The zero-order valence-corrected chi connectivity index (χ0v) is 13.6. The summed E-state index contributed by atoms with van der Waals surface area (Å²) in [6.45, 7) is 3.23. The van der Waals surface area contributed by atoms with E-state index in [1.807, 2.05) is 29.2 Å². The SMILES string of the molecule is CN1CCN(C(=O)c2ccc(Nc3ccccc3C#N)cn2)CC1. The van der Waals surface area contributed by atoms with Crippen molar-refractivity contribution in [3.63, 3.8) is 0 Å². The summed E-state index contributed by atoms with van der Waals surface area (Å²) in [5.41, 5.74) is 2.47. The molecule has 1 aliphatic rings. The van der Waals surface area contributed by atoms with Gasteiger partial charge in [0.25, 0.3) is 5.91 Å². The van der Waals surface area contributed by atoms with Crippen LogP contribution < -0.4 is 5.32 Å². The number of carbonyl (C=O) groups excluding carboxylic acids is 1. The summed E-state index contributed by atoms with van der Waals surface area (Å²) in [6.07, 6.45) is 1.62. The summed E-state index contributed by atoms with van der Waals surface area (Å²) in [6, 6.07) is 12.9. The molecule has 1 saturated heterocycles. The smallest absolute Gasteiger partial charge is 0.272 e. The maximum atomic E-state index is 12.5. The Labute approximate surface area is 141 Å². The van der Waals surface area contributed by atoms with E-state index in [2.05, 4.69) is 28.3 Å². The number of para-hydroxylation sites is 1. The van der Waals surface area contributed by atoms with Crippen LogP contribution in [0.25, 0.3) is 0 Å². The van der Waals surface area contributed by atoms with E-state index in [9.17, 15) is 4.79 Å². The van der Waals surface area contributed by atoms with Crippen molar-refractivity contribution in [1.29, 1.82) is 5.26 Å². The van der Waals surface area contributed by atoms with E-state index in [0.717, 1.165) is 37.6 Å². The van der Waals surface area contributed by atoms with Gasteiger partial charge in [-0.15, -0.1) is 0 Å². The van der Waals surface area contributed by atoms with Gasteiger partial charge in [-0.25, -0.2) is 4.98 Å². The van der Waals surface area contributed by atoms with Gasteiger partial charge < -0.3 is 15.1 Å². The number of hydrogen-bond acceptors (Lipinski definition) is 5. The first-order valence-corrected chi connectivity index (χ1v) is 7.87. The summed E-state index contributed by atoms with van der Waals surface area (Å²) >= 11 is 0. The summed E-state index contributed by atoms with van der Waals surface area (Å²) in [5, 5.41) is 12.3. The van der Waals surface area contributed by atoms with Gasteiger partial charge in [0.05, 0.1) is 23.1 Å². The molecule has 0 unspecified atom stereocenters. The number of nitriles is 1. The van der Waals surface area contributed by atoms with Crippen molar-refractivity contribution < 1.29 is 4.79 Å². The predicted octanol–water partition coefficient (Wildman–Crippen LogP) is 2.08. The van der Waals surface area contributed by atoms with Gasteiger partial charge in [-0.2, -0.15) is 5.26 Å². The van der Waals surface area contributed by atoms with Gasteiger partial charge in [-0.3, -0.25) is 4.79 Å². The highest BCUT2D eigenvalue weighted by molar-refractivity contribution is 5.92. The fraction of sp³-hybridized carbons (Fsp3) is 0.278. The molecule has 2 heterocycles. The molecule has 0 saturated carbocycles. The van der Waals surface area contributed by atoms with Crippen molar-refractivity contribution in [1.82, 2.24) is 14.8 Å². The molecule has 24 heavy (non-hydrogen) atoms. The second-order valence-corrected chi connectivity index (χ2v) is 5.81. The third-order valence-corrected chi connectivity index (χ3v) is 4.10. The van der Waals surface area contributed by atoms with E-state index in [1.54, 1.807) is 18.3 Å². The van der Waals surface area contributed by atoms with Crippen LogP contribution in [0.1, 0.15) is 16.1 Å². The Kier molecular flexibility index (Phi) is 4.73. The van der Waals surface area contributed by atoms with Gasteiger partial charge in [0.1, 0.15) is 11.8 Å². The second kappa shape index (κ2) is 7.11. The third kappa shape index (κ3) is 3.53. The lowest BCUT2D eigenvalue weighted by Gasteiger charge is -2.32. The highest BCUT2D eigenvalue weighted by Gasteiger charge is 2.21. The molecule has 0 spiro atoms. The molecule has 122 valence electrons. The Morgan fingerprint density at radius 3 is 2.58 bits per heavy atom. The standard InChI is InChI=1S/C18H19N5O/c1-22-8-10-23(11-9-22)18(24)17-7-6-15(13-20-17)21-16-5-3-2-4-14(16)12-19/h2-7,13,21H,8-11H2,1H3. The maximum Gasteiger partial charge on any atom is 0.272 e. The summed E-state index contributed by atoms with van der Waals surface area (Å²) in [5.74, 6) is -0.0351. The maximum absolute atomic E-state index is 12.5. The molecule has 0 aliphatic carbocycles. The highest BCUT2D eigenvalue weighted by atomic mass is 16.2. The van der Waals surface area contributed by atoms with Crippen molar-refractivity contribution in [3.8, 4) is 6.07 Å². The van der Waals surface area contributed by atoms with E-state index in [0.29, 0.717) is 11.3 Å². The van der Waals surface area contributed by atoms with Crippen molar-refractivity contribution in [3.05, 3.63) is 53.9 Å². The molecule has 0 radical (unpaired) electrons. The van der Waals surface area contributed by atoms with Gasteiger partial charge in [0.2, 0.25) is 0 Å². The number of anilines is 2. The number of nitrogens with zero attached hydrogens (tertiary/aromatic N) is 4. The molecule has 6 nitrogen and oxygen atoms in total. The molecule has 3 rings (SSSR count). The highest BCUT2D eigenvalue weighted by Crippen LogP contribution is 2.20. The fourth-order valence-electron chi connectivity index (χ4n) is 2.61. The quantitative estimate of drug-likeness (QED) is 0.937. The Balaban J connectivity index is 1.69. The number of benzene rings is 1. The molecular weight excluding hydrogens is 302 g/mol. The van der Waals surface area contributed by atoms with Crippen LogP contribution in [-0.2, 0) is 0 Å². The van der Waals surface area contributed by atoms with Gasteiger partial charge in [0.15, 0.2) is 0 Å². The van der Waals surface area contributed by atoms with Crippen molar-refractivity contribution >= 4 is 17.3 Å². The van der Waals surface area contributed by atoms with Gasteiger partial charge in [0, 0.05) is 26.2 Å². The molecule has 1 aromatic carbocycles. The molecular formula is C18H19N5O. The number of hydrogen-bond donors (Lipinski definition) is 1. The molecule has 1 aromatic heterocycles. The first-order valence-electron chi connectivity index (χ1n) is 7.87. The first-order chi connectivity index (χ1) is 11.7. The first kappa shape index (κ1) is 16.0. The third-order valence-electron chi connectivity index (χ3n) is 4.10. The van der Waals surface area contributed by atoms with E-state index < -0.39 is 0 Å². The number of aromatic nitrogens is 1. The normalized spacial score (nSPS) is 14.9. The lowest BCUT2D eigenvalue weighted by Crippen LogP contribution is -2.47. The van der Waals surface area contributed by atoms with Gasteiger partial charge in [-0.05, 0) is 31.3 Å². The molecule has 1 fully saturated rings. The number of piperazine rings is 1. The Morgan fingerprint density at radius 1 is 1.17 bits per heavy atom. The van der Waals surface area contributed by atoms with Crippen LogP contribution in [0.15, 0.2) is 42.6 Å². The zero-order valence-electron chi connectivity index (χ0n) is 13.6. The van der Waals surface area contributed by atoms with Crippen LogP contribution in [0.5, 0.6) is 0 Å². The number of likely N-dealkylation sites (N-methyl/N-ethyl adjacent to an activating group) is 1. The van der Waals surface area contributed by atoms with Crippen molar-refractivity contribution in [2.24, 2.45) is 0 Å². The van der Waals surface area contributed by atoms with E-state index in [4.69, 9.17) is 5.26 Å². The minimum absolute atomic E-state index is 0.0351. The van der Waals surface area contributed by atoms with Crippen LogP contribution in [-0.4, -0.2) is 53.9 Å². The number of nitrogens with one attached hydrogen (secondary N) is 1. The summed E-state index contributed by atoms with van der Waals surface area (Å²) in [4.78, 5) is 20.8. The predicted molar refractivity (Wildman–Crippen MR) is 92.1 cm³/mol. The topological polar surface area (TPSA) is 72.3 Å². The van der Waals surface area contributed by atoms with Gasteiger partial charge in [-0.1, -0.05) is 12.1 Å². The molecule has 1 N–H and O–H groups in total. The number of rotatable bonds is 3. The molecule has 1 amide bonds. The largest absolute Gasteiger partial charge is 0.353 e. The van der Waals surface area contributed by atoms with Crippen LogP contribution in [0.3, 0.4) is 0 Å². The summed E-state index contributed by atoms with van der Waals surface area (Å²) in [7, 11) is 2.06. The molecule has 2 aromatic rings. The Hall–Kier alpha value is -2.91.